The Morgan fingerprint density at radius 3 is 2.27 bits per heavy atom. The number of nitrogens with zero attached hydrogens (tertiary/aromatic N) is 1. The summed E-state index contributed by atoms with van der Waals surface area (Å²) in [6, 6.07) is 15.4. The van der Waals surface area contributed by atoms with Crippen molar-refractivity contribution in [3.05, 3.63) is 71.3 Å². The van der Waals surface area contributed by atoms with Gasteiger partial charge < -0.3 is 10.6 Å². The van der Waals surface area contributed by atoms with Gasteiger partial charge in [-0.1, -0.05) is 30.0 Å². The summed E-state index contributed by atoms with van der Waals surface area (Å²) in [5.41, 5.74) is 9.61. The first kappa shape index (κ1) is 17.7. The van der Waals surface area contributed by atoms with Crippen molar-refractivity contribution < 1.29 is 14.8 Å². The van der Waals surface area contributed by atoms with Gasteiger partial charge in [0, 0.05) is 29.3 Å². The predicted octanol–water partition coefficient (Wildman–Crippen LogP) is 1.13. The van der Waals surface area contributed by atoms with Crippen LogP contribution >= 0.6 is 0 Å². The van der Waals surface area contributed by atoms with Crippen molar-refractivity contribution in [2.75, 3.05) is 6.54 Å². The van der Waals surface area contributed by atoms with Crippen LogP contribution in [0.2, 0.25) is 0 Å². The second kappa shape index (κ2) is 7.83. The van der Waals surface area contributed by atoms with Gasteiger partial charge in [-0.2, -0.15) is 0 Å². The fourth-order valence-corrected chi connectivity index (χ4v) is 2.94. The summed E-state index contributed by atoms with van der Waals surface area (Å²) in [6.45, 7) is 0.270. The van der Waals surface area contributed by atoms with Crippen molar-refractivity contribution in [1.29, 1.82) is 0 Å². The van der Waals surface area contributed by atoms with E-state index in [0.29, 0.717) is 12.0 Å². The summed E-state index contributed by atoms with van der Waals surface area (Å²) in [6.07, 6.45) is 0.318. The van der Waals surface area contributed by atoms with Gasteiger partial charge in [-0.3, -0.25) is 14.8 Å². The molecule has 0 aliphatic carbocycles. The molecule has 0 spiro atoms. The first-order valence-corrected chi connectivity index (χ1v) is 8.26. The Hall–Kier alpha value is -3.14. The van der Waals surface area contributed by atoms with E-state index in [1.54, 1.807) is 29.7 Å². The number of benzene rings is 2. The Balaban J connectivity index is 1.75. The van der Waals surface area contributed by atoms with E-state index in [4.69, 9.17) is 10.9 Å². The Morgan fingerprint density at radius 2 is 1.65 bits per heavy atom. The Morgan fingerprint density at radius 1 is 1.04 bits per heavy atom. The molecule has 1 heterocycles. The summed E-state index contributed by atoms with van der Waals surface area (Å²) in [7, 11) is 0. The summed E-state index contributed by atoms with van der Waals surface area (Å²) in [4.78, 5) is 25.8. The predicted molar refractivity (Wildman–Crippen MR) is 96.2 cm³/mol. The molecule has 26 heavy (non-hydrogen) atoms. The lowest BCUT2D eigenvalue weighted by Gasteiger charge is -2.22. The second-order valence-corrected chi connectivity index (χ2v) is 6.14. The van der Waals surface area contributed by atoms with Crippen LogP contribution in [0.25, 0.3) is 0 Å². The van der Waals surface area contributed by atoms with Crippen molar-refractivity contribution in [3.8, 4) is 11.8 Å². The fraction of sp³-hybridized carbons (Fsp3) is 0.200. The Kier molecular flexibility index (Phi) is 5.32. The molecule has 0 bridgehead atoms. The lowest BCUT2D eigenvalue weighted by atomic mass is 10.1. The van der Waals surface area contributed by atoms with Crippen LogP contribution in [0.15, 0.2) is 54.6 Å². The normalized spacial score (nSPS) is 18.8. The van der Waals surface area contributed by atoms with Crippen LogP contribution in [0.4, 0.5) is 0 Å². The van der Waals surface area contributed by atoms with E-state index in [-0.39, 0.29) is 18.5 Å². The van der Waals surface area contributed by atoms with Crippen LogP contribution < -0.4 is 11.2 Å². The highest BCUT2D eigenvalue weighted by molar-refractivity contribution is 5.98. The third-order valence-electron chi connectivity index (χ3n) is 4.26. The first-order valence-electron chi connectivity index (χ1n) is 8.26. The summed E-state index contributed by atoms with van der Waals surface area (Å²) in [5, 5.41) is 8.85. The molecule has 4 N–H and O–H groups in total. The van der Waals surface area contributed by atoms with Crippen LogP contribution in [-0.4, -0.2) is 40.5 Å². The molecule has 2 aromatic carbocycles. The largest absolute Gasteiger partial charge is 0.326 e. The molecule has 1 saturated heterocycles. The molecule has 1 aliphatic heterocycles. The minimum Gasteiger partial charge on any atom is -0.326 e. The van der Waals surface area contributed by atoms with E-state index in [1.165, 1.54) is 4.90 Å². The third-order valence-corrected chi connectivity index (χ3v) is 4.26. The number of likely N-dealkylation sites (tertiary alicyclic amines) is 1. The van der Waals surface area contributed by atoms with Gasteiger partial charge in [-0.15, -0.1) is 0 Å². The highest BCUT2D eigenvalue weighted by atomic mass is 16.5. The van der Waals surface area contributed by atoms with Gasteiger partial charge in [0.1, 0.15) is 6.04 Å². The number of amides is 2. The van der Waals surface area contributed by atoms with Crippen LogP contribution in [0.1, 0.15) is 27.9 Å². The number of nitrogens with two attached hydrogens (primary N) is 1. The second-order valence-electron chi connectivity index (χ2n) is 6.14. The van der Waals surface area contributed by atoms with Gasteiger partial charge in [0.15, 0.2) is 0 Å². The summed E-state index contributed by atoms with van der Waals surface area (Å²) in [5.74, 6) is 5.18. The van der Waals surface area contributed by atoms with E-state index < -0.39 is 11.9 Å². The number of carbonyl (C=O) groups excluding carboxylic acids is 2. The van der Waals surface area contributed by atoms with E-state index in [0.717, 1.165) is 11.1 Å². The van der Waals surface area contributed by atoms with Crippen molar-refractivity contribution in [1.82, 2.24) is 10.4 Å². The standard InChI is InChI=1S/C20H19N3O3/c21-17-12-18(19(24)22-26)23(13-17)20(25)16-10-8-15(9-11-16)7-6-14-4-2-1-3-5-14/h1-5,8-11,17-18,26H,12-13,21H2,(H,22,24)/t17-,18-/m0/s1. The molecule has 0 saturated carbocycles. The average molecular weight is 349 g/mol. The maximum Gasteiger partial charge on any atom is 0.266 e. The van der Waals surface area contributed by atoms with Crippen molar-refractivity contribution in [2.24, 2.45) is 5.73 Å². The minimum atomic E-state index is -0.764. The molecule has 132 valence electrons. The number of hydrogen-bond acceptors (Lipinski definition) is 4. The van der Waals surface area contributed by atoms with Gasteiger partial charge in [0.2, 0.25) is 0 Å². The molecule has 2 amide bonds. The zero-order chi connectivity index (χ0) is 18.5. The average Bonchev–Trinajstić information content (AvgIpc) is 3.08. The lowest BCUT2D eigenvalue weighted by Crippen LogP contribution is -2.45. The van der Waals surface area contributed by atoms with Crippen LogP contribution in [-0.2, 0) is 4.79 Å². The summed E-state index contributed by atoms with van der Waals surface area (Å²) < 4.78 is 0. The molecule has 2 atom stereocenters. The quantitative estimate of drug-likeness (QED) is 0.430. The number of rotatable bonds is 2. The van der Waals surface area contributed by atoms with Gasteiger partial charge >= 0.3 is 0 Å². The molecule has 0 unspecified atom stereocenters. The number of carbonyl (C=O) groups is 2. The van der Waals surface area contributed by atoms with Crippen molar-refractivity contribution >= 4 is 11.8 Å². The maximum atomic E-state index is 12.7. The molecule has 6 nitrogen and oxygen atoms in total. The highest BCUT2D eigenvalue weighted by Gasteiger charge is 2.38. The van der Waals surface area contributed by atoms with Gasteiger partial charge in [0.25, 0.3) is 11.8 Å². The topological polar surface area (TPSA) is 95.7 Å². The van der Waals surface area contributed by atoms with Crippen LogP contribution in [0, 0.1) is 11.8 Å². The van der Waals surface area contributed by atoms with Gasteiger partial charge in [-0.05, 0) is 42.8 Å². The first-order chi connectivity index (χ1) is 12.6. The Labute approximate surface area is 151 Å². The molecule has 0 radical (unpaired) electrons. The SMILES string of the molecule is N[C@H]1C[C@@H](C(=O)NO)N(C(=O)c2ccc(C#Cc3ccccc3)cc2)C1. The van der Waals surface area contributed by atoms with Crippen molar-refractivity contribution in [3.63, 3.8) is 0 Å². The fourth-order valence-electron chi connectivity index (χ4n) is 2.94. The third kappa shape index (κ3) is 3.91. The number of nitrogens with one attached hydrogen (secondary N) is 1. The Bertz CT molecular complexity index is 853. The molecule has 3 rings (SSSR count). The van der Waals surface area contributed by atoms with E-state index in [9.17, 15) is 9.59 Å². The van der Waals surface area contributed by atoms with Crippen LogP contribution in [0.3, 0.4) is 0 Å². The van der Waals surface area contributed by atoms with Crippen LogP contribution in [0.5, 0.6) is 0 Å². The molecule has 0 aromatic heterocycles. The summed E-state index contributed by atoms with van der Waals surface area (Å²) >= 11 is 0. The van der Waals surface area contributed by atoms with Gasteiger partial charge in [-0.25, -0.2) is 5.48 Å². The van der Waals surface area contributed by atoms with E-state index in [1.807, 2.05) is 30.3 Å². The molecule has 6 heteroatoms. The highest BCUT2D eigenvalue weighted by Crippen LogP contribution is 2.20. The molecule has 1 fully saturated rings. The minimum absolute atomic E-state index is 0.270. The molecule has 1 aliphatic rings. The zero-order valence-corrected chi connectivity index (χ0v) is 14.1. The monoisotopic (exact) mass is 349 g/mol. The van der Waals surface area contributed by atoms with Gasteiger partial charge in [0.05, 0.1) is 0 Å². The van der Waals surface area contributed by atoms with E-state index in [2.05, 4.69) is 11.8 Å². The maximum absolute atomic E-state index is 12.7. The smallest absolute Gasteiger partial charge is 0.266 e. The number of hydroxylamine groups is 1. The zero-order valence-electron chi connectivity index (χ0n) is 14.1. The number of hydrogen-bond donors (Lipinski definition) is 3. The molecular weight excluding hydrogens is 330 g/mol. The molecular formula is C20H19N3O3. The molecule has 2 aromatic rings. The van der Waals surface area contributed by atoms with Crippen molar-refractivity contribution in [2.45, 2.75) is 18.5 Å². The van der Waals surface area contributed by atoms with E-state index >= 15 is 0 Å². The lowest BCUT2D eigenvalue weighted by molar-refractivity contribution is -0.133.